The molecule has 1 aromatic carbocycles. The van der Waals surface area contributed by atoms with Crippen LogP contribution in [0.2, 0.25) is 10.0 Å². The summed E-state index contributed by atoms with van der Waals surface area (Å²) >= 11 is 12.0. The summed E-state index contributed by atoms with van der Waals surface area (Å²) in [5.41, 5.74) is 1.09. The number of rotatable bonds is 7. The van der Waals surface area contributed by atoms with E-state index >= 15 is 0 Å². The first-order valence-electron chi connectivity index (χ1n) is 7.52. The van der Waals surface area contributed by atoms with E-state index in [1.807, 2.05) is 12.1 Å². The number of nitrogens with one attached hydrogen (secondary N) is 1. The van der Waals surface area contributed by atoms with Crippen molar-refractivity contribution in [3.8, 4) is 0 Å². The quantitative estimate of drug-likeness (QED) is 0.728. The second-order valence-electron chi connectivity index (χ2n) is 5.40. The molecule has 1 saturated carbocycles. The zero-order chi connectivity index (χ0) is 14.2. The van der Waals surface area contributed by atoms with E-state index in [1.54, 1.807) is 6.07 Å². The van der Waals surface area contributed by atoms with E-state index in [1.165, 1.54) is 32.1 Å². The second kappa shape index (κ2) is 8.89. The van der Waals surface area contributed by atoms with Crippen LogP contribution >= 0.6 is 23.2 Å². The molecule has 0 radical (unpaired) electrons. The standard InChI is InChI=1S/C16H23Cl2NO/c17-14-8-7-13(16(18)11-14)12-19-9-4-10-20-15-5-2-1-3-6-15/h7-8,11,15,19H,1-6,9-10,12H2. The molecule has 2 rings (SSSR count). The van der Waals surface area contributed by atoms with Gasteiger partial charge in [0.1, 0.15) is 0 Å². The maximum absolute atomic E-state index is 6.12. The number of hydrogen-bond acceptors (Lipinski definition) is 2. The van der Waals surface area contributed by atoms with Gasteiger partial charge in [-0.05, 0) is 43.5 Å². The minimum Gasteiger partial charge on any atom is -0.378 e. The Labute approximate surface area is 131 Å². The third-order valence-electron chi connectivity index (χ3n) is 3.73. The summed E-state index contributed by atoms with van der Waals surface area (Å²) in [6.45, 7) is 2.58. The molecule has 20 heavy (non-hydrogen) atoms. The molecule has 1 aromatic rings. The molecule has 0 saturated heterocycles. The minimum absolute atomic E-state index is 0.509. The van der Waals surface area contributed by atoms with Crippen LogP contribution in [-0.2, 0) is 11.3 Å². The van der Waals surface area contributed by atoms with Crippen LogP contribution in [0.3, 0.4) is 0 Å². The smallest absolute Gasteiger partial charge is 0.0575 e. The first-order chi connectivity index (χ1) is 9.75. The van der Waals surface area contributed by atoms with E-state index < -0.39 is 0 Å². The summed E-state index contributed by atoms with van der Waals surface area (Å²) in [6.07, 6.45) is 8.08. The highest BCUT2D eigenvalue weighted by molar-refractivity contribution is 6.35. The lowest BCUT2D eigenvalue weighted by Gasteiger charge is -2.21. The summed E-state index contributed by atoms with van der Waals surface area (Å²) in [6, 6.07) is 5.62. The second-order valence-corrected chi connectivity index (χ2v) is 6.24. The van der Waals surface area contributed by atoms with E-state index in [-0.39, 0.29) is 0 Å². The molecular formula is C16H23Cl2NO. The van der Waals surface area contributed by atoms with E-state index in [0.29, 0.717) is 11.1 Å². The Balaban J connectivity index is 1.55. The lowest BCUT2D eigenvalue weighted by Crippen LogP contribution is -2.20. The Morgan fingerprint density at radius 3 is 2.70 bits per heavy atom. The first-order valence-corrected chi connectivity index (χ1v) is 8.27. The van der Waals surface area contributed by atoms with Crippen LogP contribution < -0.4 is 5.32 Å². The Kier molecular flexibility index (Phi) is 7.15. The SMILES string of the molecule is Clc1ccc(CNCCCOC2CCCCC2)c(Cl)c1. The summed E-state index contributed by atoms with van der Waals surface area (Å²) in [5.74, 6) is 0. The largest absolute Gasteiger partial charge is 0.378 e. The van der Waals surface area contributed by atoms with Gasteiger partial charge in [-0.15, -0.1) is 0 Å². The molecule has 112 valence electrons. The maximum Gasteiger partial charge on any atom is 0.0575 e. The Morgan fingerprint density at radius 2 is 1.95 bits per heavy atom. The van der Waals surface area contributed by atoms with E-state index in [9.17, 15) is 0 Å². The fourth-order valence-corrected chi connectivity index (χ4v) is 3.04. The number of hydrogen-bond donors (Lipinski definition) is 1. The van der Waals surface area contributed by atoms with Gasteiger partial charge < -0.3 is 10.1 Å². The fraction of sp³-hybridized carbons (Fsp3) is 0.625. The van der Waals surface area contributed by atoms with Gasteiger partial charge in [0.05, 0.1) is 6.10 Å². The summed E-state index contributed by atoms with van der Waals surface area (Å²) < 4.78 is 5.89. The third-order valence-corrected chi connectivity index (χ3v) is 4.32. The molecule has 0 unspecified atom stereocenters. The van der Waals surface area contributed by atoms with Crippen molar-refractivity contribution in [2.75, 3.05) is 13.2 Å². The van der Waals surface area contributed by atoms with Crippen LogP contribution in [0.4, 0.5) is 0 Å². The summed E-state index contributed by atoms with van der Waals surface area (Å²) in [5, 5.41) is 4.80. The molecular weight excluding hydrogens is 293 g/mol. The average molecular weight is 316 g/mol. The van der Waals surface area contributed by atoms with Crippen LogP contribution in [0, 0.1) is 0 Å². The van der Waals surface area contributed by atoms with Crippen LogP contribution in [0.15, 0.2) is 18.2 Å². The van der Waals surface area contributed by atoms with Crippen molar-refractivity contribution in [2.45, 2.75) is 51.2 Å². The van der Waals surface area contributed by atoms with Gasteiger partial charge in [-0.25, -0.2) is 0 Å². The molecule has 1 fully saturated rings. The van der Waals surface area contributed by atoms with Crippen molar-refractivity contribution in [2.24, 2.45) is 0 Å². The van der Waals surface area contributed by atoms with Crippen molar-refractivity contribution in [3.63, 3.8) is 0 Å². The zero-order valence-corrected chi connectivity index (χ0v) is 13.3. The summed E-state index contributed by atoms with van der Waals surface area (Å²) in [7, 11) is 0. The van der Waals surface area contributed by atoms with Gasteiger partial charge in [0.2, 0.25) is 0 Å². The first kappa shape index (κ1) is 16.1. The third kappa shape index (κ3) is 5.61. The Hall–Kier alpha value is -0.280. The Morgan fingerprint density at radius 1 is 1.15 bits per heavy atom. The molecule has 0 spiro atoms. The van der Waals surface area contributed by atoms with Gasteiger partial charge in [0, 0.05) is 23.2 Å². The predicted octanol–water partition coefficient (Wildman–Crippen LogP) is 4.82. The molecule has 0 amide bonds. The van der Waals surface area contributed by atoms with Gasteiger partial charge >= 0.3 is 0 Å². The van der Waals surface area contributed by atoms with Crippen molar-refractivity contribution in [1.82, 2.24) is 5.32 Å². The molecule has 1 N–H and O–H groups in total. The fourth-order valence-electron chi connectivity index (χ4n) is 2.57. The van der Waals surface area contributed by atoms with Crippen molar-refractivity contribution in [3.05, 3.63) is 33.8 Å². The lowest BCUT2D eigenvalue weighted by atomic mass is 9.98. The number of ether oxygens (including phenoxy) is 1. The highest BCUT2D eigenvalue weighted by Crippen LogP contribution is 2.21. The van der Waals surface area contributed by atoms with E-state index in [4.69, 9.17) is 27.9 Å². The molecule has 1 aliphatic carbocycles. The topological polar surface area (TPSA) is 21.3 Å². The molecule has 0 aliphatic heterocycles. The van der Waals surface area contributed by atoms with E-state index in [2.05, 4.69) is 5.32 Å². The number of benzene rings is 1. The predicted molar refractivity (Wildman–Crippen MR) is 85.6 cm³/mol. The van der Waals surface area contributed by atoms with Crippen LogP contribution in [0.5, 0.6) is 0 Å². The van der Waals surface area contributed by atoms with Crippen molar-refractivity contribution >= 4 is 23.2 Å². The van der Waals surface area contributed by atoms with E-state index in [0.717, 1.165) is 36.7 Å². The lowest BCUT2D eigenvalue weighted by molar-refractivity contribution is 0.0273. The zero-order valence-electron chi connectivity index (χ0n) is 11.8. The molecule has 0 atom stereocenters. The molecule has 1 aliphatic rings. The van der Waals surface area contributed by atoms with Crippen LogP contribution in [0.1, 0.15) is 44.1 Å². The molecule has 0 bridgehead atoms. The van der Waals surface area contributed by atoms with Gasteiger partial charge in [0.25, 0.3) is 0 Å². The van der Waals surface area contributed by atoms with Crippen molar-refractivity contribution < 1.29 is 4.74 Å². The average Bonchev–Trinajstić information content (AvgIpc) is 2.46. The van der Waals surface area contributed by atoms with Crippen molar-refractivity contribution in [1.29, 1.82) is 0 Å². The molecule has 4 heteroatoms. The minimum atomic E-state index is 0.509. The van der Waals surface area contributed by atoms with Gasteiger partial charge in [-0.1, -0.05) is 48.5 Å². The number of halogens is 2. The van der Waals surface area contributed by atoms with Gasteiger partial charge in [-0.2, -0.15) is 0 Å². The maximum atomic E-state index is 6.12. The highest BCUT2D eigenvalue weighted by atomic mass is 35.5. The summed E-state index contributed by atoms with van der Waals surface area (Å²) in [4.78, 5) is 0. The molecule has 2 nitrogen and oxygen atoms in total. The van der Waals surface area contributed by atoms with Crippen LogP contribution in [0.25, 0.3) is 0 Å². The molecule has 0 heterocycles. The molecule has 0 aromatic heterocycles. The normalized spacial score (nSPS) is 16.5. The Bertz CT molecular complexity index is 405. The van der Waals surface area contributed by atoms with Gasteiger partial charge in [0.15, 0.2) is 0 Å². The monoisotopic (exact) mass is 315 g/mol. The highest BCUT2D eigenvalue weighted by Gasteiger charge is 2.12. The van der Waals surface area contributed by atoms with Gasteiger partial charge in [-0.3, -0.25) is 0 Å². The van der Waals surface area contributed by atoms with Crippen LogP contribution in [-0.4, -0.2) is 19.3 Å².